The van der Waals surface area contributed by atoms with Crippen LogP contribution < -0.4 is 10.1 Å². The summed E-state index contributed by atoms with van der Waals surface area (Å²) in [6.45, 7) is 1.93. The topological polar surface area (TPSA) is 55.6 Å². The second-order valence-electron chi connectivity index (χ2n) is 6.24. The smallest absolute Gasteiger partial charge is 0.267 e. The van der Waals surface area contributed by atoms with Crippen LogP contribution in [0.1, 0.15) is 26.5 Å². The van der Waals surface area contributed by atoms with Crippen LogP contribution in [0.15, 0.2) is 60.9 Å². The average Bonchev–Trinajstić information content (AvgIpc) is 3.26. The molecule has 0 aliphatic heterocycles. The SMILES string of the molecule is COc1ccc(NC(=O)c2sc3nccn3c2C)cc1Cc1ccccc1. The molecule has 5 nitrogen and oxygen atoms in total. The Kier molecular flexibility index (Phi) is 4.64. The quantitative estimate of drug-likeness (QED) is 0.555. The Morgan fingerprint density at radius 2 is 2.04 bits per heavy atom. The third kappa shape index (κ3) is 3.44. The summed E-state index contributed by atoms with van der Waals surface area (Å²) in [5.41, 5.74) is 3.86. The van der Waals surface area contributed by atoms with E-state index < -0.39 is 0 Å². The Bertz CT molecular complexity index is 1100. The van der Waals surface area contributed by atoms with Gasteiger partial charge in [-0.25, -0.2) is 4.98 Å². The number of anilines is 1. The van der Waals surface area contributed by atoms with Crippen molar-refractivity contribution in [2.24, 2.45) is 0 Å². The van der Waals surface area contributed by atoms with Gasteiger partial charge in [0.15, 0.2) is 4.96 Å². The lowest BCUT2D eigenvalue weighted by Gasteiger charge is -2.12. The summed E-state index contributed by atoms with van der Waals surface area (Å²) in [5, 5.41) is 3.00. The molecule has 2 aromatic carbocycles. The molecule has 0 aliphatic carbocycles. The molecule has 1 amide bonds. The van der Waals surface area contributed by atoms with Crippen molar-refractivity contribution in [2.45, 2.75) is 13.3 Å². The van der Waals surface area contributed by atoms with Gasteiger partial charge in [0.1, 0.15) is 10.6 Å². The van der Waals surface area contributed by atoms with Crippen LogP contribution >= 0.6 is 11.3 Å². The first-order valence-electron chi connectivity index (χ1n) is 8.60. The second-order valence-corrected chi connectivity index (χ2v) is 7.22. The van der Waals surface area contributed by atoms with Crippen molar-refractivity contribution in [1.29, 1.82) is 0 Å². The standard InChI is InChI=1S/C21H19N3O2S/c1-14-19(27-21-22-10-11-24(14)21)20(25)23-17-8-9-18(26-2)16(13-17)12-15-6-4-3-5-7-15/h3-11,13H,12H2,1-2H3,(H,23,25). The van der Waals surface area contributed by atoms with Gasteiger partial charge in [-0.15, -0.1) is 0 Å². The molecule has 4 aromatic rings. The number of aryl methyl sites for hydroxylation is 1. The Morgan fingerprint density at radius 1 is 1.22 bits per heavy atom. The predicted molar refractivity (Wildman–Crippen MR) is 108 cm³/mol. The van der Waals surface area contributed by atoms with Gasteiger partial charge in [0, 0.05) is 35.8 Å². The number of fused-ring (bicyclic) bond motifs is 1. The largest absolute Gasteiger partial charge is 0.496 e. The van der Waals surface area contributed by atoms with Crippen LogP contribution in [0.5, 0.6) is 5.75 Å². The number of hydrogen-bond acceptors (Lipinski definition) is 4. The number of aromatic nitrogens is 2. The molecule has 4 rings (SSSR count). The van der Waals surface area contributed by atoms with E-state index in [-0.39, 0.29) is 5.91 Å². The summed E-state index contributed by atoms with van der Waals surface area (Å²) in [4.78, 5) is 18.5. The normalized spacial score (nSPS) is 10.9. The van der Waals surface area contributed by atoms with E-state index in [0.717, 1.165) is 34.1 Å². The minimum atomic E-state index is -0.126. The number of carbonyl (C=O) groups is 1. The maximum absolute atomic E-state index is 12.8. The monoisotopic (exact) mass is 377 g/mol. The molecule has 0 spiro atoms. The summed E-state index contributed by atoms with van der Waals surface area (Å²) in [6, 6.07) is 15.9. The summed E-state index contributed by atoms with van der Waals surface area (Å²) in [6.07, 6.45) is 4.34. The Balaban J connectivity index is 1.60. The number of imidazole rings is 1. The summed E-state index contributed by atoms with van der Waals surface area (Å²) in [7, 11) is 1.66. The van der Waals surface area contributed by atoms with E-state index in [1.54, 1.807) is 13.3 Å². The molecule has 27 heavy (non-hydrogen) atoms. The highest BCUT2D eigenvalue weighted by Crippen LogP contribution is 2.27. The lowest BCUT2D eigenvalue weighted by molar-refractivity contribution is 0.102. The highest BCUT2D eigenvalue weighted by molar-refractivity contribution is 7.19. The van der Waals surface area contributed by atoms with Crippen molar-refractivity contribution in [1.82, 2.24) is 9.38 Å². The Morgan fingerprint density at radius 3 is 2.78 bits per heavy atom. The van der Waals surface area contributed by atoms with Crippen molar-refractivity contribution in [3.63, 3.8) is 0 Å². The van der Waals surface area contributed by atoms with E-state index in [4.69, 9.17) is 4.74 Å². The molecule has 6 heteroatoms. The maximum atomic E-state index is 12.8. The minimum absolute atomic E-state index is 0.126. The molecule has 2 aromatic heterocycles. The number of nitrogens with zero attached hydrogens (tertiary/aromatic N) is 2. The molecule has 0 bridgehead atoms. The van der Waals surface area contributed by atoms with Crippen molar-refractivity contribution in [3.8, 4) is 5.75 Å². The van der Waals surface area contributed by atoms with Crippen molar-refractivity contribution in [3.05, 3.63) is 82.6 Å². The van der Waals surface area contributed by atoms with E-state index in [1.807, 2.05) is 53.9 Å². The Hall–Kier alpha value is -3.12. The maximum Gasteiger partial charge on any atom is 0.267 e. The van der Waals surface area contributed by atoms with Gasteiger partial charge in [-0.2, -0.15) is 0 Å². The molecular formula is C21H19N3O2S. The number of carbonyl (C=O) groups excluding carboxylic acids is 1. The molecule has 0 atom stereocenters. The molecule has 0 radical (unpaired) electrons. The van der Waals surface area contributed by atoms with Crippen LogP contribution in [-0.4, -0.2) is 22.4 Å². The van der Waals surface area contributed by atoms with Gasteiger partial charge in [0.25, 0.3) is 5.91 Å². The molecule has 0 saturated carbocycles. The number of rotatable bonds is 5. The van der Waals surface area contributed by atoms with Crippen LogP contribution in [0.4, 0.5) is 5.69 Å². The zero-order valence-corrected chi connectivity index (χ0v) is 15.9. The molecule has 0 saturated heterocycles. The van der Waals surface area contributed by atoms with Gasteiger partial charge >= 0.3 is 0 Å². The molecule has 0 unspecified atom stereocenters. The fraction of sp³-hybridized carbons (Fsp3) is 0.143. The number of ether oxygens (including phenoxy) is 1. The van der Waals surface area contributed by atoms with Crippen LogP contribution in [0.2, 0.25) is 0 Å². The van der Waals surface area contributed by atoms with Gasteiger partial charge in [0.2, 0.25) is 0 Å². The number of hydrogen-bond donors (Lipinski definition) is 1. The molecule has 0 aliphatic rings. The molecule has 1 N–H and O–H groups in total. The van der Waals surface area contributed by atoms with Gasteiger partial charge in [-0.3, -0.25) is 9.20 Å². The molecule has 0 fully saturated rings. The van der Waals surface area contributed by atoms with Gasteiger partial charge in [-0.1, -0.05) is 41.7 Å². The van der Waals surface area contributed by atoms with Crippen molar-refractivity contribution < 1.29 is 9.53 Å². The number of benzene rings is 2. The van der Waals surface area contributed by atoms with Crippen LogP contribution in [0.25, 0.3) is 4.96 Å². The van der Waals surface area contributed by atoms with E-state index in [9.17, 15) is 4.79 Å². The minimum Gasteiger partial charge on any atom is -0.496 e. The van der Waals surface area contributed by atoms with E-state index >= 15 is 0 Å². The number of methoxy groups -OCH3 is 1. The lowest BCUT2D eigenvalue weighted by Crippen LogP contribution is -2.12. The Labute approximate surface area is 161 Å². The fourth-order valence-electron chi connectivity index (χ4n) is 3.10. The van der Waals surface area contributed by atoms with Crippen LogP contribution in [0, 0.1) is 6.92 Å². The lowest BCUT2D eigenvalue weighted by atomic mass is 10.0. The summed E-state index contributed by atoms with van der Waals surface area (Å²) < 4.78 is 7.41. The van der Waals surface area contributed by atoms with E-state index in [2.05, 4.69) is 22.4 Å². The first-order valence-corrected chi connectivity index (χ1v) is 9.42. The molecular weight excluding hydrogens is 358 g/mol. The number of nitrogens with one attached hydrogen (secondary N) is 1. The van der Waals surface area contributed by atoms with Gasteiger partial charge in [0.05, 0.1) is 7.11 Å². The molecule has 136 valence electrons. The van der Waals surface area contributed by atoms with Crippen molar-refractivity contribution in [2.75, 3.05) is 12.4 Å². The predicted octanol–water partition coefficient (Wildman–Crippen LogP) is 4.56. The third-order valence-corrected chi connectivity index (χ3v) is 5.64. The first kappa shape index (κ1) is 17.3. The zero-order chi connectivity index (χ0) is 18.8. The van der Waals surface area contributed by atoms with E-state index in [1.165, 1.54) is 16.9 Å². The second kappa shape index (κ2) is 7.25. The fourth-order valence-corrected chi connectivity index (χ4v) is 4.09. The first-order chi connectivity index (χ1) is 13.2. The average molecular weight is 377 g/mol. The van der Waals surface area contributed by atoms with Crippen molar-refractivity contribution >= 4 is 27.9 Å². The van der Waals surface area contributed by atoms with Crippen LogP contribution in [0.3, 0.4) is 0 Å². The van der Waals surface area contributed by atoms with Crippen LogP contribution in [-0.2, 0) is 6.42 Å². The highest BCUT2D eigenvalue weighted by atomic mass is 32.1. The zero-order valence-electron chi connectivity index (χ0n) is 15.1. The number of thiazole rings is 1. The van der Waals surface area contributed by atoms with Gasteiger partial charge in [-0.05, 0) is 30.7 Å². The van der Waals surface area contributed by atoms with E-state index in [0.29, 0.717) is 4.88 Å². The van der Waals surface area contributed by atoms with Gasteiger partial charge < -0.3 is 10.1 Å². The summed E-state index contributed by atoms with van der Waals surface area (Å²) >= 11 is 1.39. The number of amides is 1. The summed E-state index contributed by atoms with van der Waals surface area (Å²) in [5.74, 6) is 0.682. The molecule has 2 heterocycles. The highest BCUT2D eigenvalue weighted by Gasteiger charge is 2.17. The third-order valence-electron chi connectivity index (χ3n) is 4.47.